The maximum atomic E-state index is 13.1. The van der Waals surface area contributed by atoms with Gasteiger partial charge in [0.1, 0.15) is 0 Å². The van der Waals surface area contributed by atoms with Crippen molar-refractivity contribution in [1.82, 2.24) is 4.57 Å². The van der Waals surface area contributed by atoms with Crippen LogP contribution in [0.25, 0.3) is 10.8 Å². The highest BCUT2D eigenvalue weighted by Crippen LogP contribution is 2.61. The van der Waals surface area contributed by atoms with Gasteiger partial charge >= 0.3 is 0 Å². The number of hydrogen-bond acceptors (Lipinski definition) is 2. The number of amides is 1. The molecule has 4 nitrogen and oxygen atoms in total. The Hall–Kier alpha value is -2.88. The average molecular weight is 427 g/mol. The average Bonchev–Trinajstić information content (AvgIpc) is 2.75. The molecule has 1 amide bonds. The minimum atomic E-state index is -0.0245. The van der Waals surface area contributed by atoms with Crippen molar-refractivity contribution in [3.8, 4) is 0 Å². The first kappa shape index (κ1) is 19.8. The second-order valence-corrected chi connectivity index (χ2v) is 10.6. The predicted octanol–water partition coefficient (Wildman–Crippen LogP) is 5.59. The second kappa shape index (κ2) is 7.61. The normalized spacial score (nSPS) is 28.2. The zero-order valence-corrected chi connectivity index (χ0v) is 18.4. The third-order valence-corrected chi connectivity index (χ3v) is 8.19. The molecule has 1 aromatic heterocycles. The molecule has 0 unspecified atom stereocenters. The van der Waals surface area contributed by atoms with Gasteiger partial charge in [-0.1, -0.05) is 36.4 Å². The van der Waals surface area contributed by atoms with Crippen LogP contribution in [0.3, 0.4) is 0 Å². The van der Waals surface area contributed by atoms with E-state index in [0.717, 1.165) is 34.4 Å². The van der Waals surface area contributed by atoms with Crippen LogP contribution < -0.4 is 10.9 Å². The fourth-order valence-electron chi connectivity index (χ4n) is 7.37. The number of carbonyl (C=O) groups excluding carboxylic acids is 1. The van der Waals surface area contributed by atoms with Crippen LogP contribution in [0.15, 0.2) is 65.6 Å². The summed E-state index contributed by atoms with van der Waals surface area (Å²) in [6.45, 7) is 0.540. The predicted molar refractivity (Wildman–Crippen MR) is 128 cm³/mol. The molecular formula is C28H30N2O2. The molecular weight excluding hydrogens is 396 g/mol. The van der Waals surface area contributed by atoms with Crippen LogP contribution in [0.2, 0.25) is 0 Å². The molecule has 0 radical (unpaired) electrons. The first-order valence-corrected chi connectivity index (χ1v) is 12.0. The summed E-state index contributed by atoms with van der Waals surface area (Å²) in [6, 6.07) is 17.6. The van der Waals surface area contributed by atoms with Gasteiger partial charge in [-0.15, -0.1) is 0 Å². The number of anilines is 1. The minimum absolute atomic E-state index is 0.0245. The van der Waals surface area contributed by atoms with E-state index in [1.54, 1.807) is 4.57 Å². The van der Waals surface area contributed by atoms with Crippen LogP contribution >= 0.6 is 0 Å². The maximum Gasteiger partial charge on any atom is 0.258 e. The maximum absolute atomic E-state index is 13.1. The largest absolute Gasteiger partial charge is 0.325 e. The van der Waals surface area contributed by atoms with Gasteiger partial charge in [0.2, 0.25) is 5.91 Å². The molecule has 0 saturated heterocycles. The van der Waals surface area contributed by atoms with Crippen LogP contribution in [0.4, 0.5) is 5.69 Å². The number of benzene rings is 2. The molecule has 164 valence electrons. The van der Waals surface area contributed by atoms with E-state index in [4.69, 9.17) is 0 Å². The lowest BCUT2D eigenvalue weighted by Gasteiger charge is -2.56. The van der Waals surface area contributed by atoms with Crippen molar-refractivity contribution in [2.45, 2.75) is 51.5 Å². The van der Waals surface area contributed by atoms with E-state index >= 15 is 0 Å². The fraction of sp³-hybridized carbons (Fsp3) is 0.429. The Labute approximate surface area is 188 Å². The molecule has 0 atom stereocenters. The lowest BCUT2D eigenvalue weighted by atomic mass is 9.49. The van der Waals surface area contributed by atoms with Crippen molar-refractivity contribution in [3.05, 3.63) is 76.7 Å². The van der Waals surface area contributed by atoms with Crippen molar-refractivity contribution in [1.29, 1.82) is 0 Å². The first-order chi connectivity index (χ1) is 15.6. The topological polar surface area (TPSA) is 51.1 Å². The van der Waals surface area contributed by atoms with Crippen LogP contribution in [0, 0.1) is 23.2 Å². The molecule has 3 aromatic rings. The molecule has 0 aliphatic heterocycles. The SMILES string of the molecule is O=C(CC12CC3CC(CC(C3)C1)C2)Nc1cccc2c(=O)n(Cc3ccccc3)ccc12. The van der Waals surface area contributed by atoms with Gasteiger partial charge in [0.25, 0.3) is 5.56 Å². The van der Waals surface area contributed by atoms with Gasteiger partial charge in [0, 0.05) is 29.1 Å². The quantitative estimate of drug-likeness (QED) is 0.578. The van der Waals surface area contributed by atoms with Gasteiger partial charge in [-0.25, -0.2) is 0 Å². The van der Waals surface area contributed by atoms with E-state index in [1.807, 2.05) is 60.8 Å². The summed E-state index contributed by atoms with van der Waals surface area (Å²) in [6.07, 6.45) is 10.3. The molecule has 1 heterocycles. The Morgan fingerprint density at radius 2 is 1.56 bits per heavy atom. The highest BCUT2D eigenvalue weighted by Gasteiger charge is 2.51. The molecule has 4 bridgehead atoms. The van der Waals surface area contributed by atoms with E-state index in [2.05, 4.69) is 5.32 Å². The van der Waals surface area contributed by atoms with Crippen LogP contribution in [-0.2, 0) is 11.3 Å². The van der Waals surface area contributed by atoms with Gasteiger partial charge in [-0.05, 0) is 85.5 Å². The molecule has 32 heavy (non-hydrogen) atoms. The molecule has 0 spiro atoms. The van der Waals surface area contributed by atoms with E-state index < -0.39 is 0 Å². The third-order valence-electron chi connectivity index (χ3n) is 8.19. The van der Waals surface area contributed by atoms with Gasteiger partial charge in [-0.3, -0.25) is 9.59 Å². The van der Waals surface area contributed by atoms with Gasteiger partial charge in [0.05, 0.1) is 6.54 Å². The lowest BCUT2D eigenvalue weighted by Crippen LogP contribution is -2.47. The Morgan fingerprint density at radius 1 is 0.875 bits per heavy atom. The Balaban J connectivity index is 1.23. The van der Waals surface area contributed by atoms with Crippen LogP contribution in [-0.4, -0.2) is 10.5 Å². The van der Waals surface area contributed by atoms with E-state index in [-0.39, 0.29) is 16.9 Å². The molecule has 7 rings (SSSR count). The van der Waals surface area contributed by atoms with Crippen LogP contribution in [0.5, 0.6) is 0 Å². The Kier molecular flexibility index (Phi) is 4.71. The zero-order chi connectivity index (χ0) is 21.7. The number of nitrogens with zero attached hydrogens (tertiary/aromatic N) is 1. The second-order valence-electron chi connectivity index (χ2n) is 10.6. The highest BCUT2D eigenvalue weighted by atomic mass is 16.1. The molecule has 4 heteroatoms. The number of aromatic nitrogens is 1. The molecule has 4 saturated carbocycles. The molecule has 4 fully saturated rings. The summed E-state index contributed by atoms with van der Waals surface area (Å²) in [4.78, 5) is 26.3. The van der Waals surface area contributed by atoms with Crippen molar-refractivity contribution in [2.75, 3.05) is 5.32 Å². The minimum Gasteiger partial charge on any atom is -0.325 e. The Morgan fingerprint density at radius 3 is 2.25 bits per heavy atom. The summed E-state index contributed by atoms with van der Waals surface area (Å²) in [5.74, 6) is 2.63. The summed E-state index contributed by atoms with van der Waals surface area (Å²) in [7, 11) is 0. The first-order valence-electron chi connectivity index (χ1n) is 12.0. The molecule has 4 aliphatic rings. The molecule has 1 N–H and O–H groups in total. The number of pyridine rings is 1. The van der Waals surface area contributed by atoms with E-state index in [1.165, 1.54) is 38.5 Å². The number of fused-ring (bicyclic) bond motifs is 1. The lowest BCUT2D eigenvalue weighted by molar-refractivity contribution is -0.124. The Bertz CT molecular complexity index is 1190. The smallest absolute Gasteiger partial charge is 0.258 e. The van der Waals surface area contributed by atoms with Crippen molar-refractivity contribution < 1.29 is 4.79 Å². The number of hydrogen-bond donors (Lipinski definition) is 1. The monoisotopic (exact) mass is 426 g/mol. The van der Waals surface area contributed by atoms with Crippen molar-refractivity contribution in [2.24, 2.45) is 23.2 Å². The number of rotatable bonds is 5. The van der Waals surface area contributed by atoms with Gasteiger partial charge < -0.3 is 9.88 Å². The van der Waals surface area contributed by atoms with Crippen molar-refractivity contribution >= 4 is 22.4 Å². The van der Waals surface area contributed by atoms with Crippen LogP contribution in [0.1, 0.15) is 50.5 Å². The summed E-state index contributed by atoms with van der Waals surface area (Å²) < 4.78 is 1.73. The van der Waals surface area contributed by atoms with Gasteiger partial charge in [0.15, 0.2) is 0 Å². The third kappa shape index (κ3) is 3.56. The number of nitrogens with one attached hydrogen (secondary N) is 1. The number of carbonyl (C=O) groups is 1. The van der Waals surface area contributed by atoms with E-state index in [0.29, 0.717) is 18.4 Å². The standard InChI is InChI=1S/C28H30N2O2/c31-26(17-28-14-20-11-21(15-28)13-22(12-20)16-28)29-25-8-4-7-24-23(25)9-10-30(27(24)32)18-19-5-2-1-3-6-19/h1-10,20-22H,11-18H2,(H,29,31). The highest BCUT2D eigenvalue weighted by molar-refractivity contribution is 6.02. The van der Waals surface area contributed by atoms with E-state index in [9.17, 15) is 9.59 Å². The van der Waals surface area contributed by atoms with Crippen molar-refractivity contribution in [3.63, 3.8) is 0 Å². The molecule has 2 aromatic carbocycles. The van der Waals surface area contributed by atoms with Gasteiger partial charge in [-0.2, -0.15) is 0 Å². The summed E-state index contributed by atoms with van der Waals surface area (Å²) in [5.41, 5.74) is 2.03. The summed E-state index contributed by atoms with van der Waals surface area (Å²) in [5, 5.41) is 4.64. The summed E-state index contributed by atoms with van der Waals surface area (Å²) >= 11 is 0. The fourth-order valence-corrected chi connectivity index (χ4v) is 7.37. The zero-order valence-electron chi connectivity index (χ0n) is 18.4. The molecule has 4 aliphatic carbocycles.